The van der Waals surface area contributed by atoms with Crippen LogP contribution in [0.25, 0.3) is 0 Å². The third-order valence-corrected chi connectivity index (χ3v) is 3.89. The average molecular weight is 243 g/mol. The maximum atomic E-state index is 6.06. The molecule has 1 atom stereocenters. The van der Waals surface area contributed by atoms with E-state index in [9.17, 15) is 0 Å². The molecule has 1 saturated heterocycles. The minimum atomic E-state index is -0.0516. The highest BCUT2D eigenvalue weighted by atomic mass is 16.5. The first-order valence-electron chi connectivity index (χ1n) is 6.51. The van der Waals surface area contributed by atoms with Crippen molar-refractivity contribution in [2.75, 3.05) is 47.4 Å². The summed E-state index contributed by atoms with van der Waals surface area (Å²) in [5, 5.41) is 0. The van der Waals surface area contributed by atoms with Crippen molar-refractivity contribution in [3.63, 3.8) is 0 Å². The van der Waals surface area contributed by atoms with Gasteiger partial charge in [-0.05, 0) is 47.8 Å². The Hall–Kier alpha value is -0.160. The predicted octanol–water partition coefficient (Wildman–Crippen LogP) is 0.766. The molecule has 4 nitrogen and oxygen atoms in total. The van der Waals surface area contributed by atoms with Crippen molar-refractivity contribution in [3.8, 4) is 0 Å². The van der Waals surface area contributed by atoms with Gasteiger partial charge in [0.05, 0.1) is 5.60 Å². The topological polar surface area (TPSA) is 41.7 Å². The smallest absolute Gasteiger partial charge is 0.0644 e. The second kappa shape index (κ2) is 5.65. The van der Waals surface area contributed by atoms with Crippen LogP contribution in [0.3, 0.4) is 0 Å². The molecule has 0 saturated carbocycles. The van der Waals surface area contributed by atoms with E-state index in [0.717, 1.165) is 32.5 Å². The summed E-state index contributed by atoms with van der Waals surface area (Å²) >= 11 is 0. The van der Waals surface area contributed by atoms with Gasteiger partial charge in [0.1, 0.15) is 0 Å². The zero-order chi connectivity index (χ0) is 13.1. The van der Waals surface area contributed by atoms with Crippen molar-refractivity contribution in [2.45, 2.75) is 37.8 Å². The molecule has 17 heavy (non-hydrogen) atoms. The molecule has 0 aromatic rings. The predicted molar refractivity (Wildman–Crippen MR) is 72.2 cm³/mol. The Bertz CT molecular complexity index is 243. The molecule has 2 N–H and O–H groups in total. The molecule has 1 unspecified atom stereocenters. The van der Waals surface area contributed by atoms with Gasteiger partial charge in [0, 0.05) is 31.8 Å². The van der Waals surface area contributed by atoms with Gasteiger partial charge in [0.15, 0.2) is 0 Å². The molecule has 0 radical (unpaired) electrons. The number of likely N-dealkylation sites (N-methyl/N-ethyl adjacent to an activating group) is 2. The van der Waals surface area contributed by atoms with E-state index in [-0.39, 0.29) is 11.1 Å². The summed E-state index contributed by atoms with van der Waals surface area (Å²) in [6, 6.07) is 0. The number of ether oxygens (including phenoxy) is 1. The van der Waals surface area contributed by atoms with E-state index >= 15 is 0 Å². The normalized spacial score (nSPS) is 28.9. The van der Waals surface area contributed by atoms with Crippen molar-refractivity contribution in [1.82, 2.24) is 9.80 Å². The van der Waals surface area contributed by atoms with Crippen molar-refractivity contribution in [3.05, 3.63) is 0 Å². The average Bonchev–Trinajstić information content (AvgIpc) is 2.24. The summed E-state index contributed by atoms with van der Waals surface area (Å²) < 4.78 is 5.81. The van der Waals surface area contributed by atoms with Gasteiger partial charge in [0.25, 0.3) is 0 Å². The van der Waals surface area contributed by atoms with Gasteiger partial charge in [-0.1, -0.05) is 0 Å². The number of hydrogen-bond acceptors (Lipinski definition) is 4. The van der Waals surface area contributed by atoms with Crippen LogP contribution in [0.2, 0.25) is 0 Å². The molecule has 1 rings (SSSR count). The second-order valence-corrected chi connectivity index (χ2v) is 6.19. The van der Waals surface area contributed by atoms with Crippen molar-refractivity contribution >= 4 is 0 Å². The van der Waals surface area contributed by atoms with Crippen molar-refractivity contribution < 1.29 is 4.74 Å². The Morgan fingerprint density at radius 3 is 2.29 bits per heavy atom. The quantitative estimate of drug-likeness (QED) is 0.774. The van der Waals surface area contributed by atoms with Gasteiger partial charge in [-0.15, -0.1) is 0 Å². The highest BCUT2D eigenvalue weighted by molar-refractivity contribution is 4.98. The van der Waals surface area contributed by atoms with E-state index in [1.165, 1.54) is 0 Å². The maximum Gasteiger partial charge on any atom is 0.0644 e. The summed E-state index contributed by atoms with van der Waals surface area (Å²) in [5.74, 6) is 0. The molecule has 0 amide bonds. The second-order valence-electron chi connectivity index (χ2n) is 6.19. The lowest BCUT2D eigenvalue weighted by Crippen LogP contribution is -2.60. The minimum Gasteiger partial charge on any atom is -0.375 e. The number of hydrogen-bond donors (Lipinski definition) is 1. The van der Waals surface area contributed by atoms with E-state index in [1.807, 2.05) is 0 Å². The summed E-state index contributed by atoms with van der Waals surface area (Å²) in [6.45, 7) is 7.98. The fourth-order valence-corrected chi connectivity index (χ4v) is 2.69. The van der Waals surface area contributed by atoms with Crippen LogP contribution >= 0.6 is 0 Å². The lowest BCUT2D eigenvalue weighted by atomic mass is 9.80. The fourth-order valence-electron chi connectivity index (χ4n) is 2.69. The molecule has 0 bridgehead atoms. The summed E-state index contributed by atoms with van der Waals surface area (Å²) in [5.41, 5.74) is 6.11. The van der Waals surface area contributed by atoms with E-state index in [0.29, 0.717) is 6.54 Å². The highest BCUT2D eigenvalue weighted by Crippen LogP contribution is 2.35. The first-order valence-corrected chi connectivity index (χ1v) is 6.51. The zero-order valence-corrected chi connectivity index (χ0v) is 12.1. The van der Waals surface area contributed by atoms with Crippen LogP contribution in [-0.4, -0.2) is 68.3 Å². The first kappa shape index (κ1) is 14.9. The largest absolute Gasteiger partial charge is 0.375 e. The van der Waals surface area contributed by atoms with E-state index < -0.39 is 0 Å². The van der Waals surface area contributed by atoms with Gasteiger partial charge in [-0.3, -0.25) is 4.90 Å². The summed E-state index contributed by atoms with van der Waals surface area (Å²) in [7, 11) is 6.41. The molecule has 0 aromatic carbocycles. The molecular weight excluding hydrogens is 214 g/mol. The summed E-state index contributed by atoms with van der Waals surface area (Å²) in [6.07, 6.45) is 2.05. The van der Waals surface area contributed by atoms with Crippen LogP contribution in [0, 0.1) is 0 Å². The Labute approximate surface area is 106 Å². The standard InChI is InChI=1S/C13H29N3O/c1-12(2)10-13(11-14,6-9-17-12)16(5)8-7-15(3)4/h6-11,14H2,1-5H3. The number of nitrogens with two attached hydrogens (primary N) is 1. The number of rotatable bonds is 5. The molecule has 4 heteroatoms. The van der Waals surface area contributed by atoms with Crippen LogP contribution < -0.4 is 5.73 Å². The molecule has 1 aliphatic rings. The van der Waals surface area contributed by atoms with Crippen LogP contribution in [0.1, 0.15) is 26.7 Å². The first-order chi connectivity index (χ1) is 7.81. The van der Waals surface area contributed by atoms with Gasteiger partial charge in [-0.2, -0.15) is 0 Å². The third kappa shape index (κ3) is 3.91. The maximum absolute atomic E-state index is 6.06. The molecule has 0 aliphatic carbocycles. The van der Waals surface area contributed by atoms with Crippen LogP contribution in [0.15, 0.2) is 0 Å². The van der Waals surface area contributed by atoms with Gasteiger partial charge >= 0.3 is 0 Å². The van der Waals surface area contributed by atoms with Crippen LogP contribution in [-0.2, 0) is 4.74 Å². The fraction of sp³-hybridized carbons (Fsp3) is 1.00. The van der Waals surface area contributed by atoms with E-state index in [4.69, 9.17) is 10.5 Å². The van der Waals surface area contributed by atoms with Crippen molar-refractivity contribution in [1.29, 1.82) is 0 Å². The molecule has 0 aromatic heterocycles. The van der Waals surface area contributed by atoms with Crippen molar-refractivity contribution in [2.24, 2.45) is 5.73 Å². The highest BCUT2D eigenvalue weighted by Gasteiger charge is 2.42. The van der Waals surface area contributed by atoms with Crippen LogP contribution in [0.5, 0.6) is 0 Å². The Kier molecular flexibility index (Phi) is 4.95. The minimum absolute atomic E-state index is 0.0516. The van der Waals surface area contributed by atoms with Crippen LogP contribution in [0.4, 0.5) is 0 Å². The van der Waals surface area contributed by atoms with Gasteiger partial charge in [-0.25, -0.2) is 0 Å². The van der Waals surface area contributed by atoms with E-state index in [1.54, 1.807) is 0 Å². The Morgan fingerprint density at radius 1 is 1.18 bits per heavy atom. The Balaban J connectivity index is 2.66. The lowest BCUT2D eigenvalue weighted by molar-refractivity contribution is -0.113. The van der Waals surface area contributed by atoms with E-state index in [2.05, 4.69) is 44.8 Å². The molecule has 102 valence electrons. The zero-order valence-electron chi connectivity index (χ0n) is 12.1. The summed E-state index contributed by atoms with van der Waals surface area (Å²) in [4.78, 5) is 4.64. The molecular formula is C13H29N3O. The lowest BCUT2D eigenvalue weighted by Gasteiger charge is -2.49. The molecule has 0 spiro atoms. The SMILES string of the molecule is CN(C)CCN(C)C1(CN)CCOC(C)(C)C1. The Morgan fingerprint density at radius 2 is 1.82 bits per heavy atom. The number of nitrogens with zero attached hydrogens (tertiary/aromatic N) is 2. The molecule has 1 heterocycles. The molecule has 1 aliphatic heterocycles. The molecule has 1 fully saturated rings. The third-order valence-electron chi connectivity index (χ3n) is 3.89. The monoisotopic (exact) mass is 243 g/mol. The van der Waals surface area contributed by atoms with Gasteiger partial charge in [0.2, 0.25) is 0 Å². The van der Waals surface area contributed by atoms with Gasteiger partial charge < -0.3 is 15.4 Å².